The van der Waals surface area contributed by atoms with Gasteiger partial charge in [0.15, 0.2) is 5.96 Å². The van der Waals surface area contributed by atoms with Crippen molar-refractivity contribution in [2.24, 2.45) is 4.99 Å². The second-order valence-corrected chi connectivity index (χ2v) is 5.99. The molecule has 0 amide bonds. The van der Waals surface area contributed by atoms with Crippen LogP contribution in [0.5, 0.6) is 0 Å². The fraction of sp³-hybridized carbons (Fsp3) is 0.765. The van der Waals surface area contributed by atoms with Crippen molar-refractivity contribution in [1.29, 1.82) is 0 Å². The monoisotopic (exact) mass is 321 g/mol. The molecular formula is C17H31N5O. The number of nitrogens with zero attached hydrogens (tertiary/aromatic N) is 3. The van der Waals surface area contributed by atoms with Gasteiger partial charge in [0.05, 0.1) is 5.69 Å². The van der Waals surface area contributed by atoms with Gasteiger partial charge < -0.3 is 20.1 Å². The Labute approximate surface area is 139 Å². The number of nitrogens with one attached hydrogen (secondary N) is 2. The predicted octanol–water partition coefficient (Wildman–Crippen LogP) is 1.95. The van der Waals surface area contributed by atoms with E-state index in [4.69, 9.17) is 4.52 Å². The van der Waals surface area contributed by atoms with E-state index in [0.717, 1.165) is 43.2 Å². The molecule has 23 heavy (non-hydrogen) atoms. The minimum Gasteiger partial charge on any atom is -0.361 e. The molecule has 6 nitrogen and oxygen atoms in total. The van der Waals surface area contributed by atoms with E-state index < -0.39 is 0 Å². The second kappa shape index (κ2) is 9.55. The normalized spacial score (nSPS) is 16.0. The molecule has 1 aliphatic rings. The Balaban J connectivity index is 1.73. The van der Waals surface area contributed by atoms with Gasteiger partial charge in [-0.25, -0.2) is 0 Å². The summed E-state index contributed by atoms with van der Waals surface area (Å²) in [7, 11) is 1.81. The van der Waals surface area contributed by atoms with Crippen LogP contribution < -0.4 is 10.6 Å². The molecule has 6 heteroatoms. The van der Waals surface area contributed by atoms with Gasteiger partial charge in [0.2, 0.25) is 0 Å². The lowest BCUT2D eigenvalue weighted by Crippen LogP contribution is -2.38. The standard InChI is InChI=1S/C17H31N5O/c1-4-15-14(16(5-2)23-21-15)13-20-17(18-3)19-9-8-12-22-10-6-7-11-22/h4-13H2,1-3H3,(H2,18,19,20). The molecule has 1 aromatic heterocycles. The third-order valence-electron chi connectivity index (χ3n) is 4.41. The van der Waals surface area contributed by atoms with Crippen LogP contribution in [-0.4, -0.2) is 49.2 Å². The molecule has 0 aliphatic carbocycles. The first kappa shape index (κ1) is 17.8. The largest absolute Gasteiger partial charge is 0.361 e. The van der Waals surface area contributed by atoms with Gasteiger partial charge in [0.25, 0.3) is 0 Å². The number of hydrogen-bond acceptors (Lipinski definition) is 4. The van der Waals surface area contributed by atoms with Crippen molar-refractivity contribution in [3.8, 4) is 0 Å². The molecule has 0 bridgehead atoms. The van der Waals surface area contributed by atoms with Crippen LogP contribution in [0.3, 0.4) is 0 Å². The van der Waals surface area contributed by atoms with Gasteiger partial charge in [-0.1, -0.05) is 19.0 Å². The van der Waals surface area contributed by atoms with E-state index in [9.17, 15) is 0 Å². The molecule has 1 aliphatic heterocycles. The topological polar surface area (TPSA) is 65.7 Å². The number of guanidine groups is 1. The Bertz CT molecular complexity index is 470. The summed E-state index contributed by atoms with van der Waals surface area (Å²) in [4.78, 5) is 6.84. The molecule has 0 saturated carbocycles. The highest BCUT2D eigenvalue weighted by molar-refractivity contribution is 5.79. The van der Waals surface area contributed by atoms with Gasteiger partial charge in [-0.2, -0.15) is 0 Å². The van der Waals surface area contributed by atoms with Crippen LogP contribution in [-0.2, 0) is 19.4 Å². The van der Waals surface area contributed by atoms with Crippen molar-refractivity contribution < 1.29 is 4.52 Å². The summed E-state index contributed by atoms with van der Waals surface area (Å²) in [6.07, 6.45) is 5.62. The lowest BCUT2D eigenvalue weighted by atomic mass is 10.1. The minimum absolute atomic E-state index is 0.710. The Kier molecular flexibility index (Phi) is 7.39. The van der Waals surface area contributed by atoms with E-state index >= 15 is 0 Å². The van der Waals surface area contributed by atoms with E-state index in [1.54, 1.807) is 0 Å². The molecule has 2 N–H and O–H groups in total. The Hall–Kier alpha value is -1.56. The van der Waals surface area contributed by atoms with Crippen molar-refractivity contribution in [3.05, 3.63) is 17.0 Å². The first-order chi connectivity index (χ1) is 11.3. The molecule has 0 radical (unpaired) electrons. The number of rotatable bonds is 8. The molecule has 130 valence electrons. The maximum atomic E-state index is 5.40. The van der Waals surface area contributed by atoms with Crippen LogP contribution in [0.2, 0.25) is 0 Å². The molecule has 1 aromatic rings. The quantitative estimate of drug-likeness (QED) is 0.435. The Morgan fingerprint density at radius 2 is 2.00 bits per heavy atom. The van der Waals surface area contributed by atoms with E-state index in [-0.39, 0.29) is 0 Å². The third-order valence-corrected chi connectivity index (χ3v) is 4.41. The van der Waals surface area contributed by atoms with Crippen molar-refractivity contribution in [2.45, 2.75) is 52.5 Å². The average molecular weight is 321 g/mol. The summed E-state index contributed by atoms with van der Waals surface area (Å²) in [5, 5.41) is 10.9. The SMILES string of the molecule is CCc1noc(CC)c1CNC(=NC)NCCCN1CCCC1. The Morgan fingerprint density at radius 3 is 2.65 bits per heavy atom. The number of hydrogen-bond donors (Lipinski definition) is 2. The number of aromatic nitrogens is 1. The van der Waals surface area contributed by atoms with Gasteiger partial charge in [-0.05, 0) is 45.3 Å². The number of aryl methyl sites for hydroxylation is 2. The van der Waals surface area contributed by atoms with Crippen molar-refractivity contribution >= 4 is 5.96 Å². The maximum absolute atomic E-state index is 5.40. The number of aliphatic imine (C=N–C) groups is 1. The van der Waals surface area contributed by atoms with Gasteiger partial charge in [-0.3, -0.25) is 4.99 Å². The van der Waals surface area contributed by atoms with Gasteiger partial charge in [0.1, 0.15) is 5.76 Å². The highest BCUT2D eigenvalue weighted by Gasteiger charge is 2.14. The van der Waals surface area contributed by atoms with Crippen molar-refractivity contribution in [2.75, 3.05) is 33.2 Å². The van der Waals surface area contributed by atoms with E-state index in [1.807, 2.05) is 7.05 Å². The van der Waals surface area contributed by atoms with Crippen LogP contribution in [0, 0.1) is 0 Å². The average Bonchev–Trinajstić information content (AvgIpc) is 3.23. The zero-order valence-electron chi connectivity index (χ0n) is 14.8. The van der Waals surface area contributed by atoms with Gasteiger partial charge in [0, 0.05) is 32.1 Å². The molecule has 1 fully saturated rings. The fourth-order valence-corrected chi connectivity index (χ4v) is 3.05. The van der Waals surface area contributed by atoms with Gasteiger partial charge in [-0.15, -0.1) is 0 Å². The molecule has 2 rings (SSSR count). The Morgan fingerprint density at radius 1 is 1.22 bits per heavy atom. The number of likely N-dealkylation sites (tertiary alicyclic amines) is 1. The third kappa shape index (κ3) is 5.23. The summed E-state index contributed by atoms with van der Waals surface area (Å²) in [6.45, 7) is 9.56. The molecule has 0 unspecified atom stereocenters. The minimum atomic E-state index is 0.710. The summed E-state index contributed by atoms with van der Waals surface area (Å²) < 4.78 is 5.40. The molecular weight excluding hydrogens is 290 g/mol. The van der Waals surface area contributed by atoms with Crippen LogP contribution in [0.1, 0.15) is 50.1 Å². The summed E-state index contributed by atoms with van der Waals surface area (Å²) in [6, 6.07) is 0. The highest BCUT2D eigenvalue weighted by atomic mass is 16.5. The van der Waals surface area contributed by atoms with Crippen LogP contribution >= 0.6 is 0 Å². The zero-order chi connectivity index (χ0) is 16.5. The second-order valence-electron chi connectivity index (χ2n) is 5.99. The van der Waals surface area contributed by atoms with E-state index in [0.29, 0.717) is 6.54 Å². The lowest BCUT2D eigenvalue weighted by Gasteiger charge is -2.16. The first-order valence-corrected chi connectivity index (χ1v) is 8.91. The van der Waals surface area contributed by atoms with Crippen LogP contribution in [0.4, 0.5) is 0 Å². The summed E-state index contributed by atoms with van der Waals surface area (Å²) >= 11 is 0. The van der Waals surface area contributed by atoms with Crippen molar-refractivity contribution in [3.63, 3.8) is 0 Å². The van der Waals surface area contributed by atoms with Crippen LogP contribution in [0.25, 0.3) is 0 Å². The van der Waals surface area contributed by atoms with E-state index in [2.05, 4.69) is 39.5 Å². The van der Waals surface area contributed by atoms with Crippen LogP contribution in [0.15, 0.2) is 9.52 Å². The zero-order valence-corrected chi connectivity index (χ0v) is 14.8. The summed E-state index contributed by atoms with van der Waals surface area (Å²) in [5.74, 6) is 1.82. The molecule has 0 aromatic carbocycles. The molecule has 0 atom stereocenters. The molecule has 0 spiro atoms. The predicted molar refractivity (Wildman–Crippen MR) is 93.8 cm³/mol. The fourth-order valence-electron chi connectivity index (χ4n) is 3.05. The highest BCUT2D eigenvalue weighted by Crippen LogP contribution is 2.15. The lowest BCUT2D eigenvalue weighted by molar-refractivity contribution is 0.334. The van der Waals surface area contributed by atoms with Crippen molar-refractivity contribution in [1.82, 2.24) is 20.7 Å². The maximum Gasteiger partial charge on any atom is 0.191 e. The molecule has 1 saturated heterocycles. The van der Waals surface area contributed by atoms with E-state index in [1.165, 1.54) is 38.0 Å². The molecule has 2 heterocycles. The van der Waals surface area contributed by atoms with Gasteiger partial charge >= 0.3 is 0 Å². The first-order valence-electron chi connectivity index (χ1n) is 8.91. The smallest absolute Gasteiger partial charge is 0.191 e. The summed E-state index contributed by atoms with van der Waals surface area (Å²) in [5.41, 5.74) is 2.22.